The molecule has 0 fully saturated rings. The Hall–Kier alpha value is -3.07. The fourth-order valence-corrected chi connectivity index (χ4v) is 4.73. The highest BCUT2D eigenvalue weighted by Gasteiger charge is 2.27. The minimum Gasteiger partial charge on any atom is -0.497 e. The maximum atomic E-state index is 13.4. The molecule has 0 bridgehead atoms. The van der Waals surface area contributed by atoms with Crippen molar-refractivity contribution in [1.29, 1.82) is 0 Å². The molecule has 0 aromatic heterocycles. The van der Waals surface area contributed by atoms with E-state index in [1.54, 1.807) is 54.6 Å². The molecule has 0 saturated carbocycles. The number of hydrogen-bond acceptors (Lipinski definition) is 5. The highest BCUT2D eigenvalue weighted by molar-refractivity contribution is 7.92. The van der Waals surface area contributed by atoms with Crippen molar-refractivity contribution in [2.45, 2.75) is 11.8 Å². The minimum atomic E-state index is -4.05. The number of halogens is 2. The van der Waals surface area contributed by atoms with Gasteiger partial charge in [0.1, 0.15) is 12.3 Å². The van der Waals surface area contributed by atoms with E-state index < -0.39 is 22.5 Å². The van der Waals surface area contributed by atoms with Crippen molar-refractivity contribution in [1.82, 2.24) is 5.43 Å². The van der Waals surface area contributed by atoms with Gasteiger partial charge in [0.25, 0.3) is 15.9 Å². The number of hydrazone groups is 1. The van der Waals surface area contributed by atoms with Crippen LogP contribution in [-0.4, -0.2) is 34.2 Å². The third kappa shape index (κ3) is 6.25. The summed E-state index contributed by atoms with van der Waals surface area (Å²) in [7, 11) is -2.56. The summed E-state index contributed by atoms with van der Waals surface area (Å²) >= 11 is 12.0. The number of aryl methyl sites for hydroxylation is 1. The molecular weight excluding hydrogens is 485 g/mol. The van der Waals surface area contributed by atoms with E-state index in [9.17, 15) is 13.2 Å². The van der Waals surface area contributed by atoms with E-state index in [-0.39, 0.29) is 4.90 Å². The van der Waals surface area contributed by atoms with Crippen LogP contribution in [0.1, 0.15) is 11.1 Å². The van der Waals surface area contributed by atoms with Gasteiger partial charge >= 0.3 is 0 Å². The van der Waals surface area contributed by atoms with E-state index in [1.807, 2.05) is 6.92 Å². The number of amides is 1. The van der Waals surface area contributed by atoms with E-state index in [0.29, 0.717) is 27.0 Å². The van der Waals surface area contributed by atoms with E-state index in [4.69, 9.17) is 27.9 Å². The summed E-state index contributed by atoms with van der Waals surface area (Å²) in [6.45, 7) is 1.40. The van der Waals surface area contributed by atoms with Gasteiger partial charge < -0.3 is 4.74 Å². The lowest BCUT2D eigenvalue weighted by atomic mass is 10.2. The zero-order valence-corrected chi connectivity index (χ0v) is 20.2. The third-order valence-corrected chi connectivity index (χ3v) is 6.96. The maximum absolute atomic E-state index is 13.4. The molecule has 0 aliphatic rings. The third-order valence-electron chi connectivity index (χ3n) is 4.61. The van der Waals surface area contributed by atoms with Gasteiger partial charge in [0.05, 0.1) is 28.9 Å². The summed E-state index contributed by atoms with van der Waals surface area (Å²) in [4.78, 5) is 12.6. The number of methoxy groups -OCH3 is 1. The summed E-state index contributed by atoms with van der Waals surface area (Å²) < 4.78 is 32.8. The molecule has 0 aliphatic heterocycles. The van der Waals surface area contributed by atoms with Gasteiger partial charge in [-0.05, 0) is 55.5 Å². The molecular formula is C23H21Cl2N3O4S. The molecule has 7 nitrogen and oxygen atoms in total. The van der Waals surface area contributed by atoms with Gasteiger partial charge in [-0.3, -0.25) is 9.10 Å². The Labute approximate surface area is 202 Å². The van der Waals surface area contributed by atoms with Crippen LogP contribution in [0.4, 0.5) is 5.69 Å². The average molecular weight is 506 g/mol. The molecule has 0 saturated heterocycles. The summed E-state index contributed by atoms with van der Waals surface area (Å²) in [6.07, 6.45) is 1.35. The fourth-order valence-electron chi connectivity index (χ4n) is 2.85. The molecule has 0 aliphatic carbocycles. The van der Waals surface area contributed by atoms with E-state index in [2.05, 4.69) is 10.5 Å². The second kappa shape index (κ2) is 10.7. The van der Waals surface area contributed by atoms with Crippen LogP contribution in [0.15, 0.2) is 76.7 Å². The average Bonchev–Trinajstić information content (AvgIpc) is 2.79. The first kappa shape index (κ1) is 24.6. The monoisotopic (exact) mass is 505 g/mol. The first-order valence-electron chi connectivity index (χ1n) is 9.71. The Morgan fingerprint density at radius 1 is 1.06 bits per heavy atom. The Kier molecular flexibility index (Phi) is 7.97. The summed E-state index contributed by atoms with van der Waals surface area (Å²) in [6, 6.07) is 17.6. The van der Waals surface area contributed by atoms with E-state index >= 15 is 0 Å². The van der Waals surface area contributed by atoms with E-state index in [0.717, 1.165) is 9.87 Å². The summed E-state index contributed by atoms with van der Waals surface area (Å²) in [5.74, 6) is -0.113. The number of benzene rings is 3. The number of carbonyl (C=O) groups excluding carboxylic acids is 1. The maximum Gasteiger partial charge on any atom is 0.264 e. The number of nitrogens with one attached hydrogen (secondary N) is 1. The van der Waals surface area contributed by atoms with Crippen LogP contribution < -0.4 is 14.5 Å². The van der Waals surface area contributed by atoms with Gasteiger partial charge in [0.2, 0.25) is 0 Å². The van der Waals surface area contributed by atoms with Crippen LogP contribution in [-0.2, 0) is 14.8 Å². The predicted octanol–water partition coefficient (Wildman–Crippen LogP) is 4.66. The number of hydrogen-bond donors (Lipinski definition) is 1. The van der Waals surface area contributed by atoms with Gasteiger partial charge in [-0.25, -0.2) is 13.8 Å². The van der Waals surface area contributed by atoms with Crippen LogP contribution in [0, 0.1) is 6.92 Å². The standard InChI is InChI=1S/C23H21Cl2N3O4S/c1-16-3-7-19(8-4-16)28(33(30,31)21-11-9-20(32-2)10-12-21)15-23(29)27-26-14-17-5-6-18(24)13-22(17)25/h3-14H,15H2,1-2H3,(H,27,29)/b26-14-. The molecule has 0 atom stereocenters. The fraction of sp³-hybridized carbons (Fsp3) is 0.130. The van der Waals surface area contributed by atoms with Crippen LogP contribution in [0.5, 0.6) is 5.75 Å². The Morgan fingerprint density at radius 3 is 2.33 bits per heavy atom. The lowest BCUT2D eigenvalue weighted by molar-refractivity contribution is -0.119. The lowest BCUT2D eigenvalue weighted by Gasteiger charge is -2.24. The van der Waals surface area contributed by atoms with Crippen LogP contribution in [0.25, 0.3) is 0 Å². The number of rotatable bonds is 8. The molecule has 33 heavy (non-hydrogen) atoms. The number of nitrogens with zero attached hydrogens (tertiary/aromatic N) is 2. The molecule has 1 amide bonds. The van der Waals surface area contributed by atoms with Crippen molar-refractivity contribution < 1.29 is 17.9 Å². The molecule has 0 spiro atoms. The number of ether oxygens (including phenoxy) is 1. The van der Waals surface area contributed by atoms with Crippen molar-refractivity contribution in [3.05, 3.63) is 87.9 Å². The molecule has 0 unspecified atom stereocenters. The van der Waals surface area contributed by atoms with Crippen LogP contribution in [0.3, 0.4) is 0 Å². The van der Waals surface area contributed by atoms with Gasteiger partial charge in [0.15, 0.2) is 0 Å². The summed E-state index contributed by atoms with van der Waals surface area (Å²) in [5, 5.41) is 4.72. The van der Waals surface area contributed by atoms with Crippen LogP contribution >= 0.6 is 23.2 Å². The molecule has 0 heterocycles. The zero-order valence-electron chi connectivity index (χ0n) is 17.8. The zero-order chi connectivity index (χ0) is 24.0. The number of anilines is 1. The Morgan fingerprint density at radius 2 is 1.73 bits per heavy atom. The van der Waals surface area contributed by atoms with Gasteiger partial charge in [-0.1, -0.05) is 47.0 Å². The molecule has 3 aromatic rings. The molecule has 0 radical (unpaired) electrons. The lowest BCUT2D eigenvalue weighted by Crippen LogP contribution is -2.39. The van der Waals surface area contributed by atoms with Crippen molar-refractivity contribution in [2.24, 2.45) is 5.10 Å². The quantitative estimate of drug-likeness (QED) is 0.356. The van der Waals surface area contributed by atoms with Crippen LogP contribution in [0.2, 0.25) is 10.0 Å². The Balaban J connectivity index is 1.84. The first-order valence-corrected chi connectivity index (χ1v) is 11.9. The second-order valence-corrected chi connectivity index (χ2v) is 9.69. The smallest absolute Gasteiger partial charge is 0.264 e. The minimum absolute atomic E-state index is 0.0214. The molecule has 10 heteroatoms. The Bertz CT molecular complexity index is 1260. The first-order chi connectivity index (χ1) is 15.7. The normalized spacial score (nSPS) is 11.4. The molecule has 1 N–H and O–H groups in total. The molecule has 3 rings (SSSR count). The predicted molar refractivity (Wildman–Crippen MR) is 131 cm³/mol. The van der Waals surface area contributed by atoms with Crippen molar-refractivity contribution in [3.8, 4) is 5.75 Å². The number of sulfonamides is 1. The van der Waals surface area contributed by atoms with E-state index in [1.165, 1.54) is 25.5 Å². The van der Waals surface area contributed by atoms with Crippen molar-refractivity contribution in [3.63, 3.8) is 0 Å². The van der Waals surface area contributed by atoms with Crippen molar-refractivity contribution >= 4 is 51.0 Å². The molecule has 3 aromatic carbocycles. The molecule has 172 valence electrons. The van der Waals surface area contributed by atoms with Gasteiger partial charge in [-0.2, -0.15) is 5.10 Å². The highest BCUT2D eigenvalue weighted by Crippen LogP contribution is 2.25. The SMILES string of the molecule is COc1ccc(S(=O)(=O)N(CC(=O)N/N=C\c2ccc(Cl)cc2Cl)c2ccc(C)cc2)cc1. The number of carbonyl (C=O) groups is 1. The second-order valence-electron chi connectivity index (χ2n) is 6.98. The van der Waals surface area contributed by atoms with Gasteiger partial charge in [0, 0.05) is 10.6 Å². The highest BCUT2D eigenvalue weighted by atomic mass is 35.5. The van der Waals surface area contributed by atoms with Gasteiger partial charge in [-0.15, -0.1) is 0 Å². The topological polar surface area (TPSA) is 88.1 Å². The summed E-state index contributed by atoms with van der Waals surface area (Å²) in [5.41, 5.74) is 4.18. The van der Waals surface area contributed by atoms with Crippen molar-refractivity contribution in [2.75, 3.05) is 18.0 Å². The largest absolute Gasteiger partial charge is 0.497 e.